The molecular formula is C55H68BrF3N8O5. The molecule has 5 fully saturated rings. The Balaban J connectivity index is 0.688. The van der Waals surface area contributed by atoms with Crippen LogP contribution >= 0.6 is 15.9 Å². The van der Waals surface area contributed by atoms with E-state index in [1.165, 1.54) is 11.1 Å². The monoisotopic (exact) mass is 1060 g/mol. The maximum atomic E-state index is 14.7. The van der Waals surface area contributed by atoms with E-state index < -0.39 is 23.1 Å². The Hall–Kier alpha value is -4.90. The molecule has 5 atom stereocenters. The lowest BCUT2D eigenvalue weighted by atomic mass is 9.65. The maximum Gasteiger partial charge on any atom is 0.417 e. The molecule has 5 amide bonds. The first-order valence-electron chi connectivity index (χ1n) is 26.5. The Kier molecular flexibility index (Phi) is 14.6. The number of nitrogens with one attached hydrogen (secondary N) is 3. The summed E-state index contributed by atoms with van der Waals surface area (Å²) in [4.78, 5) is 82.5. The molecule has 0 bridgehead atoms. The fourth-order valence-corrected chi connectivity index (χ4v) is 14.3. The standard InChI is InChI=1S/C55H68BrF3N8O5/c1-65-47(68)29-44(48(65)37-3-2-22-60-31-37)51(71)66-25-20-53(21-26-66)16-12-35(13-17-53)50(70)64-41-8-4-34(5-9-41)49(69)61-23-19-54(18-14-42(30-54)63-46-11-6-36-28-40(56)7-10-43(36)46)52(72)67-24-15-45-38(33-67)27-39(32-62-45)55(57,58)59/h2-3,7,10,22,27-28,31-32,34-35,41-42,44,46,48,63H,4-6,8-9,11-21,23-26,29-30,33H2,1H3,(H,61,69)(H,64,70)/t34?,41?,42-,44+,46-,48-,54-/m1/s1. The molecule has 5 heterocycles. The number of likely N-dealkylation sites (tertiary alicyclic amines) is 2. The van der Waals surface area contributed by atoms with Crippen molar-refractivity contribution in [1.29, 1.82) is 0 Å². The second kappa shape index (κ2) is 20.8. The zero-order valence-corrected chi connectivity index (χ0v) is 42.9. The number of benzene rings is 1. The van der Waals surface area contributed by atoms with Crippen LogP contribution in [0.5, 0.6) is 0 Å². The first-order chi connectivity index (χ1) is 34.6. The van der Waals surface area contributed by atoms with Gasteiger partial charge in [0.2, 0.25) is 29.5 Å². The summed E-state index contributed by atoms with van der Waals surface area (Å²) < 4.78 is 42.1. The van der Waals surface area contributed by atoms with Gasteiger partial charge in [0.15, 0.2) is 0 Å². The predicted octanol–water partition coefficient (Wildman–Crippen LogP) is 8.16. The van der Waals surface area contributed by atoms with E-state index in [4.69, 9.17) is 0 Å². The zero-order valence-electron chi connectivity index (χ0n) is 41.3. The van der Waals surface area contributed by atoms with Crippen molar-refractivity contribution < 1.29 is 37.1 Å². The van der Waals surface area contributed by atoms with Crippen LogP contribution in [0.15, 0.2) is 59.5 Å². The van der Waals surface area contributed by atoms with Gasteiger partial charge in [-0.15, -0.1) is 0 Å². The molecule has 13 nitrogen and oxygen atoms in total. The molecule has 0 unspecified atom stereocenters. The number of amides is 5. The van der Waals surface area contributed by atoms with Crippen molar-refractivity contribution >= 4 is 45.5 Å². The van der Waals surface area contributed by atoms with Gasteiger partial charge < -0.3 is 30.7 Å². The van der Waals surface area contributed by atoms with Gasteiger partial charge in [0, 0.05) is 111 Å². The number of carbonyl (C=O) groups is 5. The van der Waals surface area contributed by atoms with Gasteiger partial charge in [0.1, 0.15) is 0 Å². The van der Waals surface area contributed by atoms with Crippen LogP contribution in [0.3, 0.4) is 0 Å². The van der Waals surface area contributed by atoms with Crippen molar-refractivity contribution in [3.8, 4) is 0 Å². The molecule has 1 spiro atoms. The number of carbonyl (C=O) groups excluding carboxylic acids is 5. The van der Waals surface area contributed by atoms with Crippen LogP contribution in [0, 0.1) is 28.6 Å². The summed E-state index contributed by atoms with van der Waals surface area (Å²) in [5, 5.41) is 10.4. The number of fused-ring (bicyclic) bond motifs is 2. The number of hydrogen-bond donors (Lipinski definition) is 3. The molecule has 7 aliphatic rings. The normalized spacial score (nSPS) is 28.5. The molecule has 4 aliphatic carbocycles. The lowest BCUT2D eigenvalue weighted by Gasteiger charge is -2.46. The van der Waals surface area contributed by atoms with E-state index in [1.54, 1.807) is 29.2 Å². The lowest BCUT2D eigenvalue weighted by Crippen LogP contribution is -2.48. The van der Waals surface area contributed by atoms with Crippen molar-refractivity contribution in [3.63, 3.8) is 0 Å². The molecule has 386 valence electrons. The Bertz CT molecular complexity index is 2520. The molecule has 3 aliphatic heterocycles. The predicted molar refractivity (Wildman–Crippen MR) is 266 cm³/mol. The Labute approximate surface area is 428 Å². The SMILES string of the molecule is CN1C(=O)C[C@H](C(=O)N2CCC3(CCC(C(=O)NC4CCC(C(=O)NCC[C@]5(C(=O)N6CCc7ncc(C(F)(F)F)cc7C6)CC[C@@H](N[C@@H]6CCc7cc(Br)ccc76)C5)CC4)CC3)CC2)[C@H]1c1cccnc1. The highest BCUT2D eigenvalue weighted by Gasteiger charge is 2.50. The average Bonchev–Trinajstić information content (AvgIpc) is 4.08. The Morgan fingerprint density at radius 1 is 0.819 bits per heavy atom. The smallest absolute Gasteiger partial charge is 0.356 e. The van der Waals surface area contributed by atoms with Gasteiger partial charge in [-0.2, -0.15) is 13.2 Å². The molecule has 3 saturated carbocycles. The molecule has 1 aromatic carbocycles. The first kappa shape index (κ1) is 50.6. The number of alkyl halides is 3. The van der Waals surface area contributed by atoms with Gasteiger partial charge in [0.05, 0.1) is 22.9 Å². The summed E-state index contributed by atoms with van der Waals surface area (Å²) in [7, 11) is 1.77. The highest BCUT2D eigenvalue weighted by Crippen LogP contribution is 2.49. The van der Waals surface area contributed by atoms with Crippen molar-refractivity contribution in [3.05, 3.63) is 93.0 Å². The maximum absolute atomic E-state index is 14.7. The Morgan fingerprint density at radius 3 is 2.32 bits per heavy atom. The van der Waals surface area contributed by atoms with Crippen LogP contribution in [0.2, 0.25) is 0 Å². The van der Waals surface area contributed by atoms with E-state index >= 15 is 0 Å². The third-order valence-electron chi connectivity index (χ3n) is 18.2. The number of nitrogens with zero attached hydrogens (tertiary/aromatic N) is 5. The third-order valence-corrected chi connectivity index (χ3v) is 18.7. The molecule has 3 aromatic rings. The van der Waals surface area contributed by atoms with E-state index in [0.29, 0.717) is 88.8 Å². The fourth-order valence-electron chi connectivity index (χ4n) is 13.8. The minimum atomic E-state index is -4.53. The minimum absolute atomic E-state index is 0.0120. The van der Waals surface area contributed by atoms with E-state index in [1.807, 2.05) is 17.0 Å². The third kappa shape index (κ3) is 10.6. The summed E-state index contributed by atoms with van der Waals surface area (Å²) in [5.74, 6) is -0.658. The van der Waals surface area contributed by atoms with E-state index in [0.717, 1.165) is 80.1 Å². The van der Waals surface area contributed by atoms with Crippen LogP contribution in [-0.4, -0.2) is 99.5 Å². The first-order valence-corrected chi connectivity index (χ1v) is 27.3. The van der Waals surface area contributed by atoms with Crippen LogP contribution in [0.25, 0.3) is 0 Å². The van der Waals surface area contributed by atoms with Crippen LogP contribution in [-0.2, 0) is 49.5 Å². The molecule has 0 radical (unpaired) electrons. The minimum Gasteiger partial charge on any atom is -0.356 e. The van der Waals surface area contributed by atoms with Crippen molar-refractivity contribution in [2.75, 3.05) is 33.2 Å². The molecule has 17 heteroatoms. The van der Waals surface area contributed by atoms with Gasteiger partial charge in [0.25, 0.3) is 0 Å². The summed E-state index contributed by atoms with van der Waals surface area (Å²) in [6, 6.07) is 11.2. The summed E-state index contributed by atoms with van der Waals surface area (Å²) >= 11 is 3.59. The van der Waals surface area contributed by atoms with Crippen molar-refractivity contribution in [2.45, 2.75) is 152 Å². The van der Waals surface area contributed by atoms with Gasteiger partial charge in [-0.25, -0.2) is 0 Å². The topological polar surface area (TPSA) is 157 Å². The van der Waals surface area contributed by atoms with Gasteiger partial charge >= 0.3 is 6.18 Å². The summed E-state index contributed by atoms with van der Waals surface area (Å²) in [6.45, 7) is 2.10. The number of halogens is 4. The number of piperidine rings is 1. The second-order valence-corrected chi connectivity index (χ2v) is 23.3. The van der Waals surface area contributed by atoms with E-state index in [-0.39, 0.29) is 83.9 Å². The molecule has 3 N–H and O–H groups in total. The number of pyridine rings is 2. The highest BCUT2D eigenvalue weighted by atomic mass is 79.9. The van der Waals surface area contributed by atoms with Crippen LogP contribution < -0.4 is 16.0 Å². The fraction of sp³-hybridized carbons (Fsp3) is 0.618. The number of hydrogen-bond acceptors (Lipinski definition) is 8. The van der Waals surface area contributed by atoms with E-state index in [2.05, 4.69) is 60.0 Å². The number of rotatable bonds is 11. The van der Waals surface area contributed by atoms with Crippen LogP contribution in [0.1, 0.15) is 148 Å². The quantitative estimate of drug-likeness (QED) is 0.174. The molecular weight excluding hydrogens is 990 g/mol. The van der Waals surface area contributed by atoms with E-state index in [9.17, 15) is 37.1 Å². The molecule has 2 saturated heterocycles. The van der Waals surface area contributed by atoms with Gasteiger partial charge in [-0.05, 0) is 155 Å². The molecule has 2 aromatic heterocycles. The zero-order chi connectivity index (χ0) is 50.4. The Morgan fingerprint density at radius 2 is 1.58 bits per heavy atom. The molecule has 10 rings (SSSR count). The summed E-state index contributed by atoms with van der Waals surface area (Å²) in [5.41, 5.74) is 3.02. The van der Waals surface area contributed by atoms with Gasteiger partial charge in [-0.1, -0.05) is 28.1 Å². The second-order valence-electron chi connectivity index (χ2n) is 22.4. The average molecular weight is 1060 g/mol. The van der Waals surface area contributed by atoms with Crippen LogP contribution in [0.4, 0.5) is 13.2 Å². The van der Waals surface area contributed by atoms with Crippen molar-refractivity contribution in [1.82, 2.24) is 40.6 Å². The highest BCUT2D eigenvalue weighted by molar-refractivity contribution is 9.10. The van der Waals surface area contributed by atoms with Gasteiger partial charge in [-0.3, -0.25) is 33.9 Å². The lowest BCUT2D eigenvalue weighted by molar-refractivity contribution is -0.144. The van der Waals surface area contributed by atoms with Crippen molar-refractivity contribution in [2.24, 2.45) is 28.6 Å². The number of aryl methyl sites for hydroxylation is 1. The number of aromatic nitrogens is 2. The largest absolute Gasteiger partial charge is 0.417 e. The molecule has 72 heavy (non-hydrogen) atoms. The summed E-state index contributed by atoms with van der Waals surface area (Å²) in [6.07, 6.45) is 12.8.